The molecule has 0 aliphatic carbocycles. The van der Waals surface area contributed by atoms with E-state index in [-0.39, 0.29) is 16.4 Å². The Morgan fingerprint density at radius 3 is 2.77 bits per heavy atom. The summed E-state index contributed by atoms with van der Waals surface area (Å²) in [6.45, 7) is 6.12. The molecular formula is C22H20Cl2N2O3S. The molecule has 3 aromatic rings. The number of thiazole rings is 1. The molecule has 0 spiro atoms. The number of aromatic hydroxyl groups is 1. The molecule has 0 atom stereocenters. The highest BCUT2D eigenvalue weighted by molar-refractivity contribution is 7.15. The minimum Gasteiger partial charge on any atom is -0.506 e. The molecule has 2 heterocycles. The Balaban J connectivity index is 1.69. The van der Waals surface area contributed by atoms with Gasteiger partial charge < -0.3 is 14.6 Å². The second kappa shape index (κ2) is 7.76. The number of rotatable bonds is 4. The zero-order valence-electron chi connectivity index (χ0n) is 16.9. The lowest BCUT2D eigenvalue weighted by Gasteiger charge is -2.17. The van der Waals surface area contributed by atoms with Crippen molar-refractivity contribution in [1.29, 1.82) is 0 Å². The molecule has 0 saturated heterocycles. The average molecular weight is 463 g/mol. The van der Waals surface area contributed by atoms with Crippen LogP contribution in [0.1, 0.15) is 29.9 Å². The van der Waals surface area contributed by atoms with Crippen LogP contribution >= 0.6 is 34.5 Å². The number of fused-ring (bicyclic) bond motifs is 1. The van der Waals surface area contributed by atoms with Crippen LogP contribution in [0.3, 0.4) is 0 Å². The molecule has 0 bridgehead atoms. The highest BCUT2D eigenvalue weighted by Crippen LogP contribution is 2.45. The molecule has 5 nitrogen and oxygen atoms in total. The third-order valence-electron chi connectivity index (χ3n) is 4.78. The van der Waals surface area contributed by atoms with E-state index in [0.29, 0.717) is 21.5 Å². The molecule has 0 unspecified atom stereocenters. The van der Waals surface area contributed by atoms with Crippen molar-refractivity contribution in [3.63, 3.8) is 0 Å². The first-order valence-corrected chi connectivity index (χ1v) is 10.8. The molecule has 0 saturated carbocycles. The van der Waals surface area contributed by atoms with Crippen LogP contribution in [0.5, 0.6) is 17.2 Å². The number of halogens is 2. The van der Waals surface area contributed by atoms with Gasteiger partial charge in [-0.1, -0.05) is 34.5 Å². The van der Waals surface area contributed by atoms with Gasteiger partial charge in [0, 0.05) is 39.2 Å². The molecule has 30 heavy (non-hydrogen) atoms. The van der Waals surface area contributed by atoms with Crippen LogP contribution < -0.4 is 9.47 Å². The van der Waals surface area contributed by atoms with Gasteiger partial charge >= 0.3 is 0 Å². The number of hydrogen-bond donors (Lipinski definition) is 1. The molecule has 0 radical (unpaired) electrons. The quantitative estimate of drug-likeness (QED) is 0.443. The largest absolute Gasteiger partial charge is 0.506 e. The van der Waals surface area contributed by atoms with Gasteiger partial charge in [-0.05, 0) is 45.0 Å². The van der Waals surface area contributed by atoms with Crippen molar-refractivity contribution in [2.45, 2.75) is 32.8 Å². The van der Waals surface area contributed by atoms with Crippen LogP contribution in [0.15, 0.2) is 29.3 Å². The highest BCUT2D eigenvalue weighted by Gasteiger charge is 2.33. The lowest BCUT2D eigenvalue weighted by atomic mass is 9.99. The zero-order chi connectivity index (χ0) is 21.6. The lowest BCUT2D eigenvalue weighted by molar-refractivity contribution is 0.134. The molecule has 156 valence electrons. The number of phenols is 1. The van der Waals surface area contributed by atoms with Crippen LogP contribution in [0.4, 0.5) is 5.13 Å². The molecular weight excluding hydrogens is 443 g/mol. The van der Waals surface area contributed by atoms with E-state index in [0.717, 1.165) is 33.9 Å². The predicted molar refractivity (Wildman–Crippen MR) is 123 cm³/mol. The van der Waals surface area contributed by atoms with Gasteiger partial charge in [-0.2, -0.15) is 0 Å². The standard InChI is InChI=1S/C22H20Cl2N2O3S/c1-11-18(12-5-13-9-22(2,3)29-20(13)17(7-12)28-4)26-21(30-11)25-10-14-6-15(23)8-16(24)19(14)27/h5-8,10,27H,9H2,1-4H3. The van der Waals surface area contributed by atoms with Crippen molar-refractivity contribution in [1.82, 2.24) is 4.98 Å². The lowest BCUT2D eigenvalue weighted by Crippen LogP contribution is -2.24. The van der Waals surface area contributed by atoms with Crippen molar-refractivity contribution < 1.29 is 14.6 Å². The second-order valence-electron chi connectivity index (χ2n) is 7.69. The third kappa shape index (κ3) is 4.00. The summed E-state index contributed by atoms with van der Waals surface area (Å²) in [6, 6.07) is 7.12. The molecule has 2 aromatic carbocycles. The molecule has 8 heteroatoms. The van der Waals surface area contributed by atoms with E-state index in [1.165, 1.54) is 23.6 Å². The fourth-order valence-electron chi connectivity index (χ4n) is 3.48. The Labute approximate surface area is 188 Å². The molecule has 1 aliphatic rings. The Bertz CT molecular complexity index is 1170. The fraction of sp³-hybridized carbons (Fsp3) is 0.273. The van der Waals surface area contributed by atoms with Gasteiger partial charge in [0.15, 0.2) is 11.5 Å². The van der Waals surface area contributed by atoms with Crippen LogP contribution in [-0.2, 0) is 6.42 Å². The Kier molecular flexibility index (Phi) is 5.43. The number of nitrogens with zero attached hydrogens (tertiary/aromatic N) is 2. The monoisotopic (exact) mass is 462 g/mol. The topological polar surface area (TPSA) is 63.9 Å². The summed E-state index contributed by atoms with van der Waals surface area (Å²) in [5, 5.41) is 11.3. The van der Waals surface area contributed by atoms with E-state index in [2.05, 4.69) is 29.9 Å². The second-order valence-corrected chi connectivity index (χ2v) is 9.72. The average Bonchev–Trinajstić information content (AvgIpc) is 3.20. The first kappa shape index (κ1) is 21.0. The number of methoxy groups -OCH3 is 1. The van der Waals surface area contributed by atoms with Crippen molar-refractivity contribution in [2.75, 3.05) is 7.11 Å². The molecule has 4 rings (SSSR count). The molecule has 1 N–H and O–H groups in total. The molecule has 0 fully saturated rings. The van der Waals surface area contributed by atoms with Crippen LogP contribution in [0, 0.1) is 6.92 Å². The Morgan fingerprint density at radius 1 is 1.27 bits per heavy atom. The van der Waals surface area contributed by atoms with Gasteiger partial charge in [0.2, 0.25) is 5.13 Å². The van der Waals surface area contributed by atoms with Crippen LogP contribution in [0.25, 0.3) is 11.3 Å². The highest BCUT2D eigenvalue weighted by atomic mass is 35.5. The van der Waals surface area contributed by atoms with Gasteiger partial charge in [-0.3, -0.25) is 0 Å². The van der Waals surface area contributed by atoms with Gasteiger partial charge in [0.25, 0.3) is 0 Å². The first-order chi connectivity index (χ1) is 14.2. The number of phenolic OH excluding ortho intramolecular Hbond substituents is 1. The van der Waals surface area contributed by atoms with Crippen molar-refractivity contribution >= 4 is 45.9 Å². The summed E-state index contributed by atoms with van der Waals surface area (Å²) in [7, 11) is 1.64. The van der Waals surface area contributed by atoms with E-state index >= 15 is 0 Å². The smallest absolute Gasteiger partial charge is 0.209 e. The number of aromatic nitrogens is 1. The van der Waals surface area contributed by atoms with Crippen molar-refractivity contribution in [3.8, 4) is 28.5 Å². The van der Waals surface area contributed by atoms with Gasteiger partial charge in [-0.15, -0.1) is 0 Å². The zero-order valence-corrected chi connectivity index (χ0v) is 19.2. The number of hydrogen-bond acceptors (Lipinski definition) is 6. The summed E-state index contributed by atoms with van der Waals surface area (Å²) in [6.07, 6.45) is 2.31. The van der Waals surface area contributed by atoms with Gasteiger partial charge in [-0.25, -0.2) is 9.98 Å². The minimum atomic E-state index is -0.263. The Morgan fingerprint density at radius 2 is 2.03 bits per heavy atom. The summed E-state index contributed by atoms with van der Waals surface area (Å²) in [5.74, 6) is 1.43. The summed E-state index contributed by atoms with van der Waals surface area (Å²) in [5.41, 5.74) is 3.06. The van der Waals surface area contributed by atoms with E-state index in [4.69, 9.17) is 32.7 Å². The number of aliphatic imine (C=N–C) groups is 1. The summed E-state index contributed by atoms with van der Waals surface area (Å²) < 4.78 is 11.6. The Hall–Kier alpha value is -2.28. The molecule has 0 amide bonds. The van der Waals surface area contributed by atoms with Crippen molar-refractivity contribution in [3.05, 3.63) is 50.3 Å². The summed E-state index contributed by atoms with van der Waals surface area (Å²) >= 11 is 13.5. The minimum absolute atomic E-state index is 0.0655. The van der Waals surface area contributed by atoms with Crippen LogP contribution in [0.2, 0.25) is 10.0 Å². The van der Waals surface area contributed by atoms with E-state index in [1.54, 1.807) is 13.2 Å². The first-order valence-electron chi connectivity index (χ1n) is 9.26. The predicted octanol–water partition coefficient (Wildman–Crippen LogP) is 6.60. The fourth-order valence-corrected chi connectivity index (χ4v) is 4.77. The SMILES string of the molecule is COc1cc(-c2nc(N=Cc3cc(Cl)cc(Cl)c3O)sc2C)cc2c1OC(C)(C)C2. The maximum Gasteiger partial charge on any atom is 0.209 e. The van der Waals surface area contributed by atoms with Gasteiger partial charge in [0.1, 0.15) is 11.4 Å². The normalized spacial score (nSPS) is 14.7. The third-order valence-corrected chi connectivity index (χ3v) is 6.16. The van der Waals surface area contributed by atoms with E-state index in [1.807, 2.05) is 13.0 Å². The number of aryl methyl sites for hydroxylation is 1. The molecule has 1 aromatic heterocycles. The summed E-state index contributed by atoms with van der Waals surface area (Å²) in [4.78, 5) is 10.1. The maximum atomic E-state index is 10.1. The number of ether oxygens (including phenoxy) is 2. The number of benzene rings is 2. The van der Waals surface area contributed by atoms with Crippen LogP contribution in [-0.4, -0.2) is 29.0 Å². The van der Waals surface area contributed by atoms with E-state index < -0.39 is 0 Å². The maximum absolute atomic E-state index is 10.1. The molecule has 1 aliphatic heterocycles. The van der Waals surface area contributed by atoms with Crippen molar-refractivity contribution in [2.24, 2.45) is 4.99 Å². The van der Waals surface area contributed by atoms with E-state index in [9.17, 15) is 5.11 Å². The van der Waals surface area contributed by atoms with Gasteiger partial charge in [0.05, 0.1) is 17.8 Å².